The Balaban J connectivity index is 2.12. The number of hydrogen-bond acceptors (Lipinski definition) is 4. The van der Waals surface area contributed by atoms with Crippen molar-refractivity contribution in [3.8, 4) is 0 Å². The lowest BCUT2D eigenvalue weighted by molar-refractivity contribution is -0.326. The van der Waals surface area contributed by atoms with Crippen LogP contribution in [0.2, 0.25) is 5.04 Å². The van der Waals surface area contributed by atoms with Gasteiger partial charge in [-0.25, -0.2) is 0 Å². The molecule has 0 heterocycles. The van der Waals surface area contributed by atoms with E-state index in [4.69, 9.17) is 13.9 Å². The van der Waals surface area contributed by atoms with E-state index in [2.05, 4.69) is 74.6 Å². The molecule has 1 amide bonds. The molecule has 1 aliphatic rings. The lowest BCUT2D eigenvalue weighted by atomic mass is 9.70. The SMILES string of the molecule is CCOC1(OCC)CCC1(CO[Si](c1ccccc1)(c1ccccc1)C(C)(C)C)NC(C)=O. The first-order valence-corrected chi connectivity index (χ1v) is 13.9. The molecule has 0 aliphatic heterocycles. The van der Waals surface area contributed by atoms with Crippen molar-refractivity contribution in [2.24, 2.45) is 0 Å². The summed E-state index contributed by atoms with van der Waals surface area (Å²) >= 11 is 0. The van der Waals surface area contributed by atoms with E-state index in [9.17, 15) is 4.79 Å². The summed E-state index contributed by atoms with van der Waals surface area (Å²) in [6, 6.07) is 21.1. The lowest BCUT2D eigenvalue weighted by Crippen LogP contribution is -2.77. The standard InChI is InChI=1S/C27H39NO4Si/c1-7-30-27(31-8-2)20-19-26(27,28-22(3)29)21-32-33(25(4,5)6,23-15-11-9-12-16-23)24-17-13-10-14-18-24/h9-18H,7-8,19-21H2,1-6H3,(H,28,29). The predicted octanol–water partition coefficient (Wildman–Crippen LogP) is 4.00. The van der Waals surface area contributed by atoms with Gasteiger partial charge in [-0.05, 0) is 35.7 Å². The molecule has 2 aromatic rings. The van der Waals surface area contributed by atoms with Gasteiger partial charge in [0, 0.05) is 26.6 Å². The van der Waals surface area contributed by atoms with Crippen LogP contribution >= 0.6 is 0 Å². The van der Waals surface area contributed by atoms with E-state index in [1.54, 1.807) is 6.92 Å². The van der Waals surface area contributed by atoms with Crippen LogP contribution in [0.4, 0.5) is 0 Å². The maximum absolute atomic E-state index is 12.3. The van der Waals surface area contributed by atoms with E-state index in [-0.39, 0.29) is 10.9 Å². The molecule has 1 N–H and O–H groups in total. The highest BCUT2D eigenvalue weighted by Gasteiger charge is 2.64. The summed E-state index contributed by atoms with van der Waals surface area (Å²) in [5, 5.41) is 5.45. The van der Waals surface area contributed by atoms with Crippen molar-refractivity contribution in [2.45, 2.75) is 70.7 Å². The second-order valence-corrected chi connectivity index (χ2v) is 14.1. The molecular formula is C27H39NO4Si. The van der Waals surface area contributed by atoms with E-state index in [0.29, 0.717) is 19.8 Å². The molecule has 0 spiro atoms. The largest absolute Gasteiger partial charge is 0.405 e. The minimum atomic E-state index is -2.76. The fraction of sp³-hybridized carbons (Fsp3) is 0.519. The van der Waals surface area contributed by atoms with Crippen LogP contribution in [0.15, 0.2) is 60.7 Å². The van der Waals surface area contributed by atoms with Crippen molar-refractivity contribution in [2.75, 3.05) is 19.8 Å². The molecule has 0 radical (unpaired) electrons. The van der Waals surface area contributed by atoms with Gasteiger partial charge in [0.05, 0.1) is 6.61 Å². The van der Waals surface area contributed by atoms with Gasteiger partial charge in [-0.1, -0.05) is 81.4 Å². The first-order valence-electron chi connectivity index (χ1n) is 12.0. The number of carbonyl (C=O) groups excluding carboxylic acids is 1. The summed E-state index contributed by atoms with van der Waals surface area (Å²) in [6.45, 7) is 13.5. The zero-order valence-electron chi connectivity index (χ0n) is 20.9. The summed E-state index contributed by atoms with van der Waals surface area (Å²) < 4.78 is 19.6. The van der Waals surface area contributed by atoms with Crippen LogP contribution in [-0.2, 0) is 18.7 Å². The maximum atomic E-state index is 12.3. The maximum Gasteiger partial charge on any atom is 0.261 e. The molecule has 1 atom stereocenters. The average molecular weight is 470 g/mol. The second-order valence-electron chi connectivity index (χ2n) is 9.83. The predicted molar refractivity (Wildman–Crippen MR) is 135 cm³/mol. The highest BCUT2D eigenvalue weighted by Crippen LogP contribution is 2.48. The summed E-state index contributed by atoms with van der Waals surface area (Å²) in [5.41, 5.74) is -0.738. The van der Waals surface area contributed by atoms with Crippen molar-refractivity contribution in [3.63, 3.8) is 0 Å². The molecule has 180 valence electrons. The zero-order valence-corrected chi connectivity index (χ0v) is 21.9. The van der Waals surface area contributed by atoms with E-state index in [1.165, 1.54) is 10.4 Å². The zero-order chi connectivity index (χ0) is 24.2. The van der Waals surface area contributed by atoms with Gasteiger partial charge < -0.3 is 19.2 Å². The molecular weight excluding hydrogens is 430 g/mol. The Kier molecular flexibility index (Phi) is 7.84. The number of ether oxygens (including phenoxy) is 2. The van der Waals surface area contributed by atoms with Crippen LogP contribution in [0.3, 0.4) is 0 Å². The molecule has 3 rings (SSSR count). The van der Waals surface area contributed by atoms with Gasteiger partial charge >= 0.3 is 0 Å². The molecule has 1 aliphatic carbocycles. The van der Waals surface area contributed by atoms with E-state index >= 15 is 0 Å². The third-order valence-corrected chi connectivity index (χ3v) is 11.7. The van der Waals surface area contributed by atoms with Crippen LogP contribution < -0.4 is 15.7 Å². The van der Waals surface area contributed by atoms with Crippen LogP contribution in [0.25, 0.3) is 0 Å². The Morgan fingerprint density at radius 3 is 1.73 bits per heavy atom. The van der Waals surface area contributed by atoms with E-state index < -0.39 is 19.6 Å². The molecule has 5 nitrogen and oxygen atoms in total. The van der Waals surface area contributed by atoms with Gasteiger partial charge in [0.2, 0.25) is 5.91 Å². The van der Waals surface area contributed by atoms with Gasteiger partial charge in [-0.15, -0.1) is 0 Å². The minimum absolute atomic E-state index is 0.107. The minimum Gasteiger partial charge on any atom is -0.405 e. The molecule has 1 fully saturated rings. The summed E-state index contributed by atoms with van der Waals surface area (Å²) in [7, 11) is -2.76. The van der Waals surface area contributed by atoms with Crippen LogP contribution in [0.5, 0.6) is 0 Å². The third kappa shape index (κ3) is 4.67. The highest BCUT2D eigenvalue weighted by atomic mass is 28.4. The molecule has 33 heavy (non-hydrogen) atoms. The van der Waals surface area contributed by atoms with Crippen LogP contribution in [0, 0.1) is 0 Å². The number of benzene rings is 2. The summed E-state index contributed by atoms with van der Waals surface area (Å²) in [6.07, 6.45) is 1.46. The number of rotatable bonds is 10. The van der Waals surface area contributed by atoms with E-state index in [0.717, 1.165) is 12.8 Å². The molecule has 0 bridgehead atoms. The molecule has 0 saturated heterocycles. The van der Waals surface area contributed by atoms with Crippen molar-refractivity contribution < 1.29 is 18.7 Å². The van der Waals surface area contributed by atoms with Crippen molar-refractivity contribution >= 4 is 24.6 Å². The highest BCUT2D eigenvalue weighted by molar-refractivity contribution is 6.99. The van der Waals surface area contributed by atoms with Crippen molar-refractivity contribution in [3.05, 3.63) is 60.7 Å². The van der Waals surface area contributed by atoms with Crippen LogP contribution in [0.1, 0.15) is 54.4 Å². The first-order chi connectivity index (χ1) is 15.7. The Morgan fingerprint density at radius 2 is 1.39 bits per heavy atom. The van der Waals surface area contributed by atoms with Gasteiger partial charge in [-0.3, -0.25) is 4.79 Å². The molecule has 1 unspecified atom stereocenters. The van der Waals surface area contributed by atoms with Gasteiger partial charge in [0.15, 0.2) is 5.79 Å². The number of hydrogen-bond donors (Lipinski definition) is 1. The number of amides is 1. The van der Waals surface area contributed by atoms with Gasteiger partial charge in [0.25, 0.3) is 8.32 Å². The Labute approximate surface area is 200 Å². The molecule has 1 saturated carbocycles. The topological polar surface area (TPSA) is 56.8 Å². The molecule has 2 aromatic carbocycles. The normalized spacial score (nSPS) is 20.2. The number of carbonyl (C=O) groups is 1. The first kappa shape index (κ1) is 25.6. The Bertz CT molecular complexity index is 867. The Morgan fingerprint density at radius 1 is 0.909 bits per heavy atom. The van der Waals surface area contributed by atoms with Crippen molar-refractivity contribution in [1.82, 2.24) is 5.32 Å². The molecule has 0 aromatic heterocycles. The third-order valence-electron chi connectivity index (χ3n) is 6.73. The monoisotopic (exact) mass is 469 g/mol. The smallest absolute Gasteiger partial charge is 0.261 e. The second kappa shape index (κ2) is 10.1. The van der Waals surface area contributed by atoms with Crippen LogP contribution in [-0.4, -0.2) is 45.4 Å². The van der Waals surface area contributed by atoms with E-state index in [1.807, 2.05) is 26.0 Å². The van der Waals surface area contributed by atoms with Crippen molar-refractivity contribution in [1.29, 1.82) is 0 Å². The summed E-state index contributed by atoms with van der Waals surface area (Å²) in [5.74, 6) is -0.988. The van der Waals surface area contributed by atoms with Gasteiger partial charge in [0.1, 0.15) is 5.54 Å². The fourth-order valence-corrected chi connectivity index (χ4v) is 9.88. The quantitative estimate of drug-likeness (QED) is 0.422. The summed E-state index contributed by atoms with van der Waals surface area (Å²) in [4.78, 5) is 12.3. The lowest BCUT2D eigenvalue weighted by Gasteiger charge is -2.58. The number of nitrogens with one attached hydrogen (secondary N) is 1. The average Bonchev–Trinajstić information content (AvgIpc) is 2.78. The fourth-order valence-electron chi connectivity index (χ4n) is 5.27. The van der Waals surface area contributed by atoms with Gasteiger partial charge in [-0.2, -0.15) is 0 Å². The molecule has 6 heteroatoms. The Hall–Kier alpha value is -1.99.